The van der Waals surface area contributed by atoms with Crippen molar-refractivity contribution in [2.24, 2.45) is 0 Å². The molecular formula is C22H28N2O4. The Morgan fingerprint density at radius 2 is 1.75 bits per heavy atom. The number of ether oxygens (including phenoxy) is 3. The van der Waals surface area contributed by atoms with Crippen molar-refractivity contribution in [2.45, 2.75) is 32.0 Å². The zero-order valence-electron chi connectivity index (χ0n) is 16.7. The molecule has 0 radical (unpaired) electrons. The summed E-state index contributed by atoms with van der Waals surface area (Å²) in [5.41, 5.74) is 0.710. The molecule has 2 aromatic rings. The van der Waals surface area contributed by atoms with Gasteiger partial charge in [-0.1, -0.05) is 6.07 Å². The maximum atomic E-state index is 12.4. The van der Waals surface area contributed by atoms with Crippen LogP contribution in [0.3, 0.4) is 0 Å². The fourth-order valence-corrected chi connectivity index (χ4v) is 3.09. The van der Waals surface area contributed by atoms with Crippen molar-refractivity contribution in [2.75, 3.05) is 32.6 Å². The molecule has 1 N–H and O–H groups in total. The molecule has 1 fully saturated rings. The van der Waals surface area contributed by atoms with Crippen LogP contribution in [0.15, 0.2) is 48.5 Å². The smallest absolute Gasteiger partial charge is 0.265 e. The summed E-state index contributed by atoms with van der Waals surface area (Å²) in [6.07, 6.45) is 1.69. The lowest BCUT2D eigenvalue weighted by Gasteiger charge is -2.29. The van der Waals surface area contributed by atoms with Gasteiger partial charge in [0, 0.05) is 24.8 Å². The highest BCUT2D eigenvalue weighted by Gasteiger charge is 2.18. The van der Waals surface area contributed by atoms with E-state index >= 15 is 0 Å². The van der Waals surface area contributed by atoms with Gasteiger partial charge in [-0.3, -0.25) is 4.79 Å². The first-order valence-corrected chi connectivity index (χ1v) is 9.60. The van der Waals surface area contributed by atoms with E-state index in [0.29, 0.717) is 17.2 Å². The third-order valence-electron chi connectivity index (χ3n) is 4.81. The number of amides is 1. The van der Waals surface area contributed by atoms with Gasteiger partial charge in [0.25, 0.3) is 5.91 Å². The van der Waals surface area contributed by atoms with Gasteiger partial charge in [0.05, 0.1) is 7.11 Å². The fourth-order valence-electron chi connectivity index (χ4n) is 3.09. The summed E-state index contributed by atoms with van der Waals surface area (Å²) >= 11 is 0. The Balaban J connectivity index is 1.50. The van der Waals surface area contributed by atoms with Crippen molar-refractivity contribution < 1.29 is 19.0 Å². The Hall–Kier alpha value is -2.73. The largest absolute Gasteiger partial charge is 0.497 e. The second kappa shape index (κ2) is 9.46. The zero-order chi connectivity index (χ0) is 19.9. The number of methoxy groups -OCH3 is 1. The zero-order valence-corrected chi connectivity index (χ0v) is 16.7. The van der Waals surface area contributed by atoms with Gasteiger partial charge in [-0.15, -0.1) is 0 Å². The predicted octanol–water partition coefficient (Wildman–Crippen LogP) is 3.57. The summed E-state index contributed by atoms with van der Waals surface area (Å²) in [5, 5.41) is 2.87. The lowest BCUT2D eigenvalue weighted by Crippen LogP contribution is -2.35. The number of likely N-dealkylation sites (tertiary alicyclic amines) is 1. The van der Waals surface area contributed by atoms with Crippen LogP contribution in [-0.4, -0.2) is 50.3 Å². The number of benzene rings is 2. The van der Waals surface area contributed by atoms with Crippen LogP contribution in [0.4, 0.5) is 5.69 Å². The molecule has 0 bridgehead atoms. The summed E-state index contributed by atoms with van der Waals surface area (Å²) in [5.74, 6) is 1.88. The molecular weight excluding hydrogens is 356 g/mol. The van der Waals surface area contributed by atoms with Crippen molar-refractivity contribution in [3.05, 3.63) is 48.5 Å². The molecule has 0 spiro atoms. The van der Waals surface area contributed by atoms with Gasteiger partial charge in [-0.05, 0) is 63.2 Å². The number of anilines is 1. The van der Waals surface area contributed by atoms with Gasteiger partial charge in [-0.2, -0.15) is 0 Å². The molecule has 1 atom stereocenters. The molecule has 150 valence electrons. The number of hydrogen-bond acceptors (Lipinski definition) is 5. The molecule has 3 rings (SSSR count). The van der Waals surface area contributed by atoms with Gasteiger partial charge in [-0.25, -0.2) is 0 Å². The van der Waals surface area contributed by atoms with Crippen LogP contribution < -0.4 is 19.5 Å². The second-order valence-corrected chi connectivity index (χ2v) is 7.07. The van der Waals surface area contributed by atoms with Crippen molar-refractivity contribution >= 4 is 11.6 Å². The van der Waals surface area contributed by atoms with E-state index in [1.165, 1.54) is 0 Å². The fraction of sp³-hybridized carbons (Fsp3) is 0.409. The Labute approximate surface area is 166 Å². The molecule has 6 nitrogen and oxygen atoms in total. The third kappa shape index (κ3) is 5.63. The van der Waals surface area contributed by atoms with Crippen molar-refractivity contribution in [1.29, 1.82) is 0 Å². The van der Waals surface area contributed by atoms with Gasteiger partial charge in [0.2, 0.25) is 0 Å². The highest BCUT2D eigenvalue weighted by atomic mass is 16.5. The number of piperidine rings is 1. The standard InChI is InChI=1S/C22H28N2O4/c1-16(27-21-6-4-5-20(15-21)26-3)22(25)23-17-7-9-18(10-8-17)28-19-11-13-24(2)14-12-19/h4-10,15-16,19H,11-14H2,1-3H3,(H,23,25)/t16-/m0/s1. The predicted molar refractivity (Wildman–Crippen MR) is 109 cm³/mol. The Bertz CT molecular complexity index is 770. The van der Waals surface area contributed by atoms with E-state index in [1.54, 1.807) is 26.2 Å². The molecule has 1 heterocycles. The van der Waals surface area contributed by atoms with Crippen LogP contribution in [0.25, 0.3) is 0 Å². The quantitative estimate of drug-likeness (QED) is 0.791. The summed E-state index contributed by atoms with van der Waals surface area (Å²) in [7, 11) is 3.72. The highest BCUT2D eigenvalue weighted by molar-refractivity contribution is 5.94. The number of nitrogens with one attached hydrogen (secondary N) is 1. The van der Waals surface area contributed by atoms with Crippen molar-refractivity contribution in [1.82, 2.24) is 4.90 Å². The van der Waals surface area contributed by atoms with Gasteiger partial charge >= 0.3 is 0 Å². The molecule has 28 heavy (non-hydrogen) atoms. The highest BCUT2D eigenvalue weighted by Crippen LogP contribution is 2.22. The van der Waals surface area contributed by atoms with Crippen LogP contribution in [-0.2, 0) is 4.79 Å². The summed E-state index contributed by atoms with van der Waals surface area (Å²) in [6, 6.07) is 14.7. The van der Waals surface area contributed by atoms with E-state index < -0.39 is 6.10 Å². The average molecular weight is 384 g/mol. The molecule has 1 aliphatic heterocycles. The summed E-state index contributed by atoms with van der Waals surface area (Å²) in [6.45, 7) is 3.83. The molecule has 1 saturated heterocycles. The van der Waals surface area contributed by atoms with Crippen LogP contribution in [0.1, 0.15) is 19.8 Å². The average Bonchev–Trinajstić information content (AvgIpc) is 2.71. The monoisotopic (exact) mass is 384 g/mol. The topological polar surface area (TPSA) is 60.0 Å². The molecule has 0 aliphatic carbocycles. The summed E-state index contributed by atoms with van der Waals surface area (Å²) < 4.78 is 16.9. The third-order valence-corrected chi connectivity index (χ3v) is 4.81. The summed E-state index contributed by atoms with van der Waals surface area (Å²) in [4.78, 5) is 14.7. The molecule has 6 heteroatoms. The van der Waals surface area contributed by atoms with E-state index in [-0.39, 0.29) is 12.0 Å². The first kappa shape index (κ1) is 20.0. The van der Waals surface area contributed by atoms with Gasteiger partial charge in [0.1, 0.15) is 23.4 Å². The molecule has 0 saturated carbocycles. The number of hydrogen-bond donors (Lipinski definition) is 1. The molecule has 1 amide bonds. The van der Waals surface area contributed by atoms with Crippen LogP contribution in [0, 0.1) is 0 Å². The number of rotatable bonds is 7. The Kier molecular flexibility index (Phi) is 6.76. The van der Waals surface area contributed by atoms with Crippen LogP contribution in [0.2, 0.25) is 0 Å². The van der Waals surface area contributed by atoms with E-state index in [4.69, 9.17) is 14.2 Å². The van der Waals surface area contributed by atoms with E-state index in [9.17, 15) is 4.79 Å². The SMILES string of the molecule is COc1cccc(O[C@@H](C)C(=O)Nc2ccc(OC3CCN(C)CC3)cc2)c1. The number of carbonyl (C=O) groups is 1. The Morgan fingerprint density at radius 3 is 2.43 bits per heavy atom. The minimum Gasteiger partial charge on any atom is -0.497 e. The maximum Gasteiger partial charge on any atom is 0.265 e. The number of carbonyl (C=O) groups excluding carboxylic acids is 1. The van der Waals surface area contributed by atoms with Gasteiger partial charge < -0.3 is 24.4 Å². The second-order valence-electron chi connectivity index (χ2n) is 7.07. The molecule has 0 unspecified atom stereocenters. The maximum absolute atomic E-state index is 12.4. The van der Waals surface area contributed by atoms with Crippen molar-refractivity contribution in [3.8, 4) is 17.2 Å². The molecule has 0 aromatic heterocycles. The van der Waals surface area contributed by atoms with E-state index in [0.717, 1.165) is 31.7 Å². The Morgan fingerprint density at radius 1 is 1.07 bits per heavy atom. The normalized spacial score (nSPS) is 16.2. The van der Waals surface area contributed by atoms with Crippen molar-refractivity contribution in [3.63, 3.8) is 0 Å². The minimum atomic E-state index is -0.637. The molecule has 2 aromatic carbocycles. The van der Waals surface area contributed by atoms with Gasteiger partial charge in [0.15, 0.2) is 6.10 Å². The first-order valence-electron chi connectivity index (χ1n) is 9.60. The number of nitrogens with zero attached hydrogens (tertiary/aromatic N) is 1. The lowest BCUT2D eigenvalue weighted by molar-refractivity contribution is -0.122. The lowest BCUT2D eigenvalue weighted by atomic mass is 10.1. The van der Waals surface area contributed by atoms with Crippen LogP contribution >= 0.6 is 0 Å². The van der Waals surface area contributed by atoms with E-state index in [1.807, 2.05) is 36.4 Å². The minimum absolute atomic E-state index is 0.216. The molecule has 1 aliphatic rings. The van der Waals surface area contributed by atoms with Crippen LogP contribution in [0.5, 0.6) is 17.2 Å². The first-order chi connectivity index (χ1) is 13.5. The van der Waals surface area contributed by atoms with E-state index in [2.05, 4.69) is 17.3 Å².